The Bertz CT molecular complexity index is 708. The van der Waals surface area contributed by atoms with E-state index in [9.17, 15) is 4.79 Å². The molecule has 0 radical (unpaired) electrons. The molecule has 132 valence electrons. The summed E-state index contributed by atoms with van der Waals surface area (Å²) >= 11 is 1.70. The highest BCUT2D eigenvalue weighted by atomic mass is 32.1. The first-order valence-electron chi connectivity index (χ1n) is 9.06. The van der Waals surface area contributed by atoms with E-state index in [0.717, 1.165) is 26.2 Å². The molecule has 4 rings (SSSR count). The zero-order valence-electron chi connectivity index (χ0n) is 14.7. The van der Waals surface area contributed by atoms with Gasteiger partial charge in [-0.15, -0.1) is 0 Å². The van der Waals surface area contributed by atoms with Crippen LogP contribution in [0.2, 0.25) is 0 Å². The normalized spacial score (nSPS) is 22.0. The number of nitrogens with zero attached hydrogens (tertiary/aromatic N) is 3. The molecule has 2 aromatic heterocycles. The van der Waals surface area contributed by atoms with E-state index in [0.29, 0.717) is 11.5 Å². The van der Waals surface area contributed by atoms with Crippen molar-refractivity contribution in [3.63, 3.8) is 0 Å². The van der Waals surface area contributed by atoms with Crippen LogP contribution in [0.5, 0.6) is 0 Å². The third-order valence-corrected chi connectivity index (χ3v) is 6.60. The summed E-state index contributed by atoms with van der Waals surface area (Å²) < 4.78 is 0. The van der Waals surface area contributed by atoms with Crippen molar-refractivity contribution in [1.29, 1.82) is 0 Å². The van der Waals surface area contributed by atoms with Crippen molar-refractivity contribution < 1.29 is 4.79 Å². The molecule has 0 bridgehead atoms. The highest BCUT2D eigenvalue weighted by molar-refractivity contribution is 7.07. The molecule has 1 saturated carbocycles. The van der Waals surface area contributed by atoms with Gasteiger partial charge in [0.15, 0.2) is 0 Å². The summed E-state index contributed by atoms with van der Waals surface area (Å²) in [4.78, 5) is 20.9. The Morgan fingerprint density at radius 3 is 2.68 bits per heavy atom. The maximum atomic E-state index is 12.2. The molecule has 1 amide bonds. The Balaban J connectivity index is 1.35. The van der Waals surface area contributed by atoms with Gasteiger partial charge in [0, 0.05) is 38.4 Å². The Morgan fingerprint density at radius 2 is 2.04 bits per heavy atom. The van der Waals surface area contributed by atoms with Crippen LogP contribution in [0.25, 0.3) is 0 Å². The Hall–Kier alpha value is -1.72. The summed E-state index contributed by atoms with van der Waals surface area (Å²) in [7, 11) is 0. The predicted molar refractivity (Wildman–Crippen MR) is 100 cm³/mol. The van der Waals surface area contributed by atoms with Gasteiger partial charge in [0.2, 0.25) is 5.91 Å². The van der Waals surface area contributed by atoms with Gasteiger partial charge in [-0.2, -0.15) is 11.3 Å². The number of carbonyl (C=O) groups excluding carboxylic acids is 1. The molecule has 2 aliphatic rings. The molecule has 1 saturated heterocycles. The molecule has 1 spiro atoms. The topological polar surface area (TPSA) is 36.4 Å². The van der Waals surface area contributed by atoms with Gasteiger partial charge >= 0.3 is 0 Å². The second-order valence-electron chi connectivity index (χ2n) is 7.49. The predicted octanol–water partition coefficient (Wildman–Crippen LogP) is 3.55. The van der Waals surface area contributed by atoms with Crippen molar-refractivity contribution in [2.24, 2.45) is 5.41 Å². The van der Waals surface area contributed by atoms with Crippen LogP contribution in [-0.4, -0.2) is 39.8 Å². The lowest BCUT2D eigenvalue weighted by molar-refractivity contribution is -0.130. The lowest BCUT2D eigenvalue weighted by Crippen LogP contribution is -2.39. The summed E-state index contributed by atoms with van der Waals surface area (Å²) in [6, 6.07) is 6.77. The van der Waals surface area contributed by atoms with Crippen molar-refractivity contribution in [2.45, 2.75) is 45.3 Å². The first-order valence-corrected chi connectivity index (χ1v) is 10.0. The van der Waals surface area contributed by atoms with Crippen molar-refractivity contribution >= 4 is 17.2 Å². The van der Waals surface area contributed by atoms with Gasteiger partial charge < -0.3 is 4.90 Å². The fourth-order valence-electron chi connectivity index (χ4n) is 4.23. The Morgan fingerprint density at radius 1 is 1.28 bits per heavy atom. The molecule has 4 nitrogen and oxygen atoms in total. The molecule has 2 fully saturated rings. The number of aromatic nitrogens is 1. The van der Waals surface area contributed by atoms with E-state index in [1.165, 1.54) is 30.4 Å². The van der Waals surface area contributed by atoms with E-state index in [4.69, 9.17) is 0 Å². The number of pyridine rings is 1. The Kier molecular flexibility index (Phi) is 4.61. The molecule has 1 atom stereocenters. The lowest BCUT2D eigenvalue weighted by atomic mass is 9.92. The number of amides is 1. The van der Waals surface area contributed by atoms with E-state index in [1.54, 1.807) is 18.3 Å². The maximum absolute atomic E-state index is 12.2. The first kappa shape index (κ1) is 16.7. The molecule has 2 aromatic rings. The molecule has 1 aliphatic heterocycles. The quantitative estimate of drug-likeness (QED) is 0.823. The van der Waals surface area contributed by atoms with Crippen LogP contribution in [0.15, 0.2) is 41.4 Å². The number of likely N-dealkylation sites (tertiary alicyclic amines) is 1. The van der Waals surface area contributed by atoms with Gasteiger partial charge in [-0.3, -0.25) is 14.7 Å². The molecular weight excluding hydrogens is 330 g/mol. The standard InChI is InChI=1S/C20H25N3OS/c1-16(24)23(14-18-4-11-25-15-18)19-12-20(19)5-9-22(10-6-20)13-17-2-7-21-8-3-17/h2-4,7-8,11,15,19H,5-6,9-10,12-14H2,1H3. The molecular formula is C20H25N3OS. The van der Waals surface area contributed by atoms with E-state index >= 15 is 0 Å². The molecule has 5 heteroatoms. The number of thiophene rings is 1. The minimum atomic E-state index is 0.215. The summed E-state index contributed by atoms with van der Waals surface area (Å²) in [6.45, 7) is 5.75. The van der Waals surface area contributed by atoms with Crippen LogP contribution in [0.1, 0.15) is 37.3 Å². The summed E-state index contributed by atoms with van der Waals surface area (Å²) in [5, 5.41) is 4.25. The monoisotopic (exact) mass is 355 g/mol. The largest absolute Gasteiger partial charge is 0.335 e. The van der Waals surface area contributed by atoms with E-state index in [1.807, 2.05) is 12.4 Å². The zero-order valence-corrected chi connectivity index (χ0v) is 15.5. The smallest absolute Gasteiger partial charge is 0.220 e. The number of piperidine rings is 1. The highest BCUT2D eigenvalue weighted by Gasteiger charge is 2.58. The van der Waals surface area contributed by atoms with Crippen LogP contribution in [0.4, 0.5) is 0 Å². The maximum Gasteiger partial charge on any atom is 0.220 e. The van der Waals surface area contributed by atoms with Crippen molar-refractivity contribution in [2.75, 3.05) is 13.1 Å². The molecule has 3 heterocycles. The zero-order chi connectivity index (χ0) is 17.3. The second kappa shape index (κ2) is 6.89. The number of rotatable bonds is 5. The fraction of sp³-hybridized carbons (Fsp3) is 0.500. The average Bonchev–Trinajstić information content (AvgIpc) is 3.04. The number of hydrogen-bond donors (Lipinski definition) is 0. The molecule has 0 N–H and O–H groups in total. The second-order valence-corrected chi connectivity index (χ2v) is 8.27. The Labute approximate surface area is 153 Å². The van der Waals surface area contributed by atoms with Gasteiger partial charge in [0.05, 0.1) is 0 Å². The van der Waals surface area contributed by atoms with Crippen LogP contribution >= 0.6 is 11.3 Å². The average molecular weight is 356 g/mol. The van der Waals surface area contributed by atoms with E-state index in [2.05, 4.69) is 43.7 Å². The van der Waals surface area contributed by atoms with Gasteiger partial charge in [-0.05, 0) is 77.9 Å². The summed E-state index contributed by atoms with van der Waals surface area (Å²) in [5.74, 6) is 0.215. The summed E-state index contributed by atoms with van der Waals surface area (Å²) in [5.41, 5.74) is 2.97. The van der Waals surface area contributed by atoms with Crippen LogP contribution in [-0.2, 0) is 17.9 Å². The third-order valence-electron chi connectivity index (χ3n) is 5.87. The van der Waals surface area contributed by atoms with E-state index < -0.39 is 0 Å². The number of carbonyl (C=O) groups is 1. The van der Waals surface area contributed by atoms with Crippen LogP contribution in [0.3, 0.4) is 0 Å². The molecule has 1 aliphatic carbocycles. The molecule has 1 unspecified atom stereocenters. The van der Waals surface area contributed by atoms with Gasteiger partial charge in [-0.25, -0.2) is 0 Å². The number of hydrogen-bond acceptors (Lipinski definition) is 4. The SMILES string of the molecule is CC(=O)N(Cc1ccsc1)C1CC12CCN(Cc1ccncc1)CC2. The highest BCUT2D eigenvalue weighted by Crippen LogP contribution is 2.57. The van der Waals surface area contributed by atoms with E-state index in [-0.39, 0.29) is 5.91 Å². The first-order chi connectivity index (χ1) is 12.2. The van der Waals surface area contributed by atoms with Crippen molar-refractivity contribution in [1.82, 2.24) is 14.8 Å². The lowest BCUT2D eigenvalue weighted by Gasteiger charge is -2.34. The van der Waals surface area contributed by atoms with Gasteiger partial charge in [0.1, 0.15) is 0 Å². The van der Waals surface area contributed by atoms with Crippen LogP contribution < -0.4 is 0 Å². The molecule has 0 aromatic carbocycles. The van der Waals surface area contributed by atoms with Gasteiger partial charge in [0.25, 0.3) is 0 Å². The summed E-state index contributed by atoms with van der Waals surface area (Å²) in [6.07, 6.45) is 7.33. The molecule has 25 heavy (non-hydrogen) atoms. The third kappa shape index (κ3) is 3.62. The van der Waals surface area contributed by atoms with Gasteiger partial charge in [-0.1, -0.05) is 0 Å². The minimum Gasteiger partial charge on any atom is -0.335 e. The minimum absolute atomic E-state index is 0.215. The van der Waals surface area contributed by atoms with Crippen LogP contribution in [0, 0.1) is 5.41 Å². The van der Waals surface area contributed by atoms with Crippen molar-refractivity contribution in [3.05, 3.63) is 52.5 Å². The fourth-order valence-corrected chi connectivity index (χ4v) is 4.89. The van der Waals surface area contributed by atoms with Crippen molar-refractivity contribution in [3.8, 4) is 0 Å².